The number of likely N-dealkylation sites (N-methyl/N-ethyl adjacent to an activating group) is 1. The molecule has 0 aliphatic carbocycles. The summed E-state index contributed by atoms with van der Waals surface area (Å²) in [4.78, 5) is 14.3. The van der Waals surface area contributed by atoms with Crippen molar-refractivity contribution in [3.63, 3.8) is 0 Å². The Morgan fingerprint density at radius 3 is 2.52 bits per heavy atom. The molecule has 1 heterocycles. The van der Waals surface area contributed by atoms with E-state index in [1.54, 1.807) is 22.8 Å². The number of nitrogens with zero attached hydrogens (tertiary/aromatic N) is 3. The maximum atomic E-state index is 12.8. The Kier molecular flexibility index (Phi) is 7.45. The minimum atomic E-state index is -0.475. The molecule has 138 valence electrons. The van der Waals surface area contributed by atoms with Gasteiger partial charge in [0.05, 0.1) is 18.5 Å². The Bertz CT molecular complexity index is 680. The molecular formula is C18H27ClN4O2. The first-order valence-corrected chi connectivity index (χ1v) is 8.14. The zero-order valence-corrected chi connectivity index (χ0v) is 16.0. The average Bonchev–Trinajstić information content (AvgIpc) is 2.95. The van der Waals surface area contributed by atoms with Gasteiger partial charge in [-0.2, -0.15) is 5.10 Å². The molecule has 6 nitrogen and oxygen atoms in total. The molecule has 0 saturated carbocycles. The molecule has 2 aromatic rings. The molecule has 0 bridgehead atoms. The summed E-state index contributed by atoms with van der Waals surface area (Å²) in [7, 11) is 1.72. The first-order valence-electron chi connectivity index (χ1n) is 8.14. The fraction of sp³-hybridized carbons (Fsp3) is 0.444. The van der Waals surface area contributed by atoms with Gasteiger partial charge in [-0.3, -0.25) is 4.79 Å². The van der Waals surface area contributed by atoms with Gasteiger partial charge in [0.1, 0.15) is 0 Å². The van der Waals surface area contributed by atoms with Crippen molar-refractivity contribution in [3.8, 4) is 11.4 Å². The van der Waals surface area contributed by atoms with E-state index < -0.39 is 5.54 Å². The molecule has 0 atom stereocenters. The lowest BCUT2D eigenvalue weighted by Crippen LogP contribution is -2.46. The second-order valence-corrected chi connectivity index (χ2v) is 6.62. The summed E-state index contributed by atoms with van der Waals surface area (Å²) in [6, 6.07) is 9.64. The van der Waals surface area contributed by atoms with Gasteiger partial charge >= 0.3 is 0 Å². The highest BCUT2D eigenvalue weighted by Crippen LogP contribution is 2.22. The third-order valence-electron chi connectivity index (χ3n) is 3.36. The van der Waals surface area contributed by atoms with E-state index in [4.69, 9.17) is 10.5 Å². The number of benzene rings is 1. The summed E-state index contributed by atoms with van der Waals surface area (Å²) in [5.74, 6) is 0.293. The van der Waals surface area contributed by atoms with E-state index in [1.165, 1.54) is 0 Å². The second-order valence-electron chi connectivity index (χ2n) is 6.62. The van der Waals surface area contributed by atoms with Crippen LogP contribution in [-0.2, 0) is 0 Å². The lowest BCUT2D eigenvalue weighted by atomic mass is 10.1. The van der Waals surface area contributed by atoms with E-state index >= 15 is 0 Å². The minimum absolute atomic E-state index is 0. The summed E-state index contributed by atoms with van der Waals surface area (Å²) >= 11 is 0. The third-order valence-corrected chi connectivity index (χ3v) is 3.36. The first-order chi connectivity index (χ1) is 11.3. The Labute approximate surface area is 155 Å². The smallest absolute Gasteiger partial charge is 0.278 e. The zero-order chi connectivity index (χ0) is 17.7. The Morgan fingerprint density at radius 1 is 1.32 bits per heavy atom. The number of ether oxygens (including phenoxy) is 1. The monoisotopic (exact) mass is 366 g/mol. The summed E-state index contributed by atoms with van der Waals surface area (Å²) in [5.41, 5.74) is 6.72. The molecule has 0 fully saturated rings. The molecule has 1 aromatic carbocycles. The largest absolute Gasteiger partial charge is 0.489 e. The van der Waals surface area contributed by atoms with Gasteiger partial charge in [-0.15, -0.1) is 12.4 Å². The quantitative estimate of drug-likeness (QED) is 0.817. The van der Waals surface area contributed by atoms with E-state index in [2.05, 4.69) is 5.10 Å². The molecule has 0 spiro atoms. The Morgan fingerprint density at radius 2 is 1.96 bits per heavy atom. The van der Waals surface area contributed by atoms with Crippen LogP contribution in [0.2, 0.25) is 0 Å². The summed E-state index contributed by atoms with van der Waals surface area (Å²) in [6.07, 6.45) is 2.61. The summed E-state index contributed by atoms with van der Waals surface area (Å²) < 4.78 is 7.39. The molecule has 1 amide bonds. The van der Waals surface area contributed by atoms with Gasteiger partial charge in [0.25, 0.3) is 5.91 Å². The molecule has 2 rings (SSSR count). The van der Waals surface area contributed by atoms with Gasteiger partial charge < -0.3 is 15.4 Å². The number of hydrogen-bond acceptors (Lipinski definition) is 4. The molecule has 0 radical (unpaired) electrons. The predicted molar refractivity (Wildman–Crippen MR) is 102 cm³/mol. The second kappa shape index (κ2) is 8.87. The molecular weight excluding hydrogens is 340 g/mol. The number of carbonyl (C=O) groups is 1. The molecule has 0 aliphatic heterocycles. The highest BCUT2D eigenvalue weighted by molar-refractivity contribution is 5.94. The lowest BCUT2D eigenvalue weighted by Gasteiger charge is -2.26. The maximum Gasteiger partial charge on any atom is 0.278 e. The van der Waals surface area contributed by atoms with Crippen LogP contribution in [0, 0.1) is 0 Å². The van der Waals surface area contributed by atoms with E-state index in [0.29, 0.717) is 24.6 Å². The molecule has 0 unspecified atom stereocenters. The lowest BCUT2D eigenvalue weighted by molar-refractivity contribution is 0.0759. The van der Waals surface area contributed by atoms with Crippen LogP contribution >= 0.6 is 12.4 Å². The third kappa shape index (κ3) is 5.76. The van der Waals surface area contributed by atoms with Crippen LogP contribution in [0.3, 0.4) is 0 Å². The number of rotatable bonds is 7. The van der Waals surface area contributed by atoms with Crippen LogP contribution in [0.5, 0.6) is 5.75 Å². The van der Waals surface area contributed by atoms with Crippen molar-refractivity contribution in [2.75, 3.05) is 20.2 Å². The van der Waals surface area contributed by atoms with Gasteiger partial charge in [-0.1, -0.05) is 25.1 Å². The first kappa shape index (κ1) is 21.0. The van der Waals surface area contributed by atoms with Crippen molar-refractivity contribution in [1.82, 2.24) is 14.7 Å². The van der Waals surface area contributed by atoms with Gasteiger partial charge in [-0.05, 0) is 32.4 Å². The van der Waals surface area contributed by atoms with Crippen molar-refractivity contribution in [1.29, 1.82) is 0 Å². The predicted octanol–water partition coefficient (Wildman–Crippen LogP) is 2.89. The molecule has 2 N–H and O–H groups in total. The Balaban J connectivity index is 0.00000312. The van der Waals surface area contributed by atoms with Crippen molar-refractivity contribution in [2.24, 2.45) is 5.73 Å². The molecule has 1 aromatic heterocycles. The van der Waals surface area contributed by atoms with E-state index in [-0.39, 0.29) is 18.3 Å². The standard InChI is InChI=1S/C18H26N4O2.ClH/c1-5-11-24-15-12-22(14-9-7-6-8-10-14)20-16(15)17(23)21(4)13-18(2,3)19;/h6-10,12H,5,11,13,19H2,1-4H3;1H. The van der Waals surface area contributed by atoms with Crippen LogP contribution < -0.4 is 10.5 Å². The highest BCUT2D eigenvalue weighted by Gasteiger charge is 2.25. The fourth-order valence-corrected chi connectivity index (χ4v) is 2.40. The van der Waals surface area contributed by atoms with E-state index in [1.807, 2.05) is 51.1 Å². The number of halogens is 1. The van der Waals surface area contributed by atoms with Crippen LogP contribution in [-0.4, -0.2) is 46.3 Å². The van der Waals surface area contributed by atoms with Crippen molar-refractivity contribution < 1.29 is 9.53 Å². The zero-order valence-electron chi connectivity index (χ0n) is 15.2. The Hall–Kier alpha value is -2.05. The average molecular weight is 367 g/mol. The van der Waals surface area contributed by atoms with Crippen LogP contribution in [0.25, 0.3) is 5.69 Å². The van der Waals surface area contributed by atoms with Gasteiger partial charge in [-0.25, -0.2) is 4.68 Å². The van der Waals surface area contributed by atoms with E-state index in [0.717, 1.165) is 12.1 Å². The number of nitrogens with two attached hydrogens (primary N) is 1. The summed E-state index contributed by atoms with van der Waals surface area (Å²) in [5, 5.41) is 4.44. The van der Waals surface area contributed by atoms with Crippen molar-refractivity contribution in [3.05, 3.63) is 42.2 Å². The SMILES string of the molecule is CCCOc1cn(-c2ccccc2)nc1C(=O)N(C)CC(C)(C)N.Cl. The van der Waals surface area contributed by atoms with Crippen LogP contribution in [0.4, 0.5) is 0 Å². The number of hydrogen-bond donors (Lipinski definition) is 1. The molecule has 0 saturated heterocycles. The topological polar surface area (TPSA) is 73.4 Å². The van der Waals surface area contributed by atoms with Gasteiger partial charge in [0, 0.05) is 19.1 Å². The van der Waals surface area contributed by atoms with Crippen LogP contribution in [0.15, 0.2) is 36.5 Å². The number of amides is 1. The van der Waals surface area contributed by atoms with Gasteiger partial charge in [0.2, 0.25) is 0 Å². The van der Waals surface area contributed by atoms with E-state index in [9.17, 15) is 4.79 Å². The maximum absolute atomic E-state index is 12.8. The van der Waals surface area contributed by atoms with Crippen LogP contribution in [0.1, 0.15) is 37.7 Å². The summed E-state index contributed by atoms with van der Waals surface area (Å²) in [6.45, 7) is 6.75. The minimum Gasteiger partial charge on any atom is -0.489 e. The number of para-hydroxylation sites is 1. The number of carbonyl (C=O) groups excluding carboxylic acids is 1. The fourth-order valence-electron chi connectivity index (χ4n) is 2.40. The number of aromatic nitrogens is 2. The molecule has 7 heteroatoms. The van der Waals surface area contributed by atoms with Gasteiger partial charge in [0.15, 0.2) is 11.4 Å². The van der Waals surface area contributed by atoms with Crippen molar-refractivity contribution >= 4 is 18.3 Å². The molecule has 0 aliphatic rings. The van der Waals surface area contributed by atoms with Crippen molar-refractivity contribution in [2.45, 2.75) is 32.7 Å². The highest BCUT2D eigenvalue weighted by atomic mass is 35.5. The normalized spacial score (nSPS) is 10.9. The molecule has 25 heavy (non-hydrogen) atoms.